The minimum atomic E-state index is -0.657. The standard InChI is InChI=1S/C11H20O3/c1-10(2,3)8-11(9(12)13)4-6-14-7-5-11/h4-8H2,1-3H3,(H,12,13). The minimum Gasteiger partial charge on any atom is -0.481 e. The Labute approximate surface area is 85.5 Å². The zero-order valence-electron chi connectivity index (χ0n) is 9.30. The summed E-state index contributed by atoms with van der Waals surface area (Å²) in [5, 5.41) is 9.30. The van der Waals surface area contributed by atoms with E-state index in [4.69, 9.17) is 4.74 Å². The van der Waals surface area contributed by atoms with Crippen molar-refractivity contribution in [3.8, 4) is 0 Å². The first-order chi connectivity index (χ1) is 6.36. The van der Waals surface area contributed by atoms with Gasteiger partial charge >= 0.3 is 5.97 Å². The molecule has 82 valence electrons. The number of hydrogen-bond donors (Lipinski definition) is 1. The van der Waals surface area contributed by atoms with E-state index in [1.54, 1.807) is 0 Å². The van der Waals surface area contributed by atoms with Gasteiger partial charge in [-0.2, -0.15) is 0 Å². The first-order valence-electron chi connectivity index (χ1n) is 5.17. The summed E-state index contributed by atoms with van der Waals surface area (Å²) in [6.45, 7) is 7.44. The molecule has 0 bridgehead atoms. The van der Waals surface area contributed by atoms with Gasteiger partial charge in [-0.25, -0.2) is 0 Å². The topological polar surface area (TPSA) is 46.5 Å². The Hall–Kier alpha value is -0.570. The molecule has 0 aromatic carbocycles. The molecule has 1 rings (SSSR count). The van der Waals surface area contributed by atoms with Crippen molar-refractivity contribution in [2.45, 2.75) is 40.0 Å². The van der Waals surface area contributed by atoms with Crippen molar-refractivity contribution in [3.05, 3.63) is 0 Å². The highest BCUT2D eigenvalue weighted by molar-refractivity contribution is 5.74. The van der Waals surface area contributed by atoms with Crippen LogP contribution in [0.3, 0.4) is 0 Å². The first-order valence-corrected chi connectivity index (χ1v) is 5.17. The van der Waals surface area contributed by atoms with Gasteiger partial charge < -0.3 is 9.84 Å². The molecule has 3 heteroatoms. The molecule has 1 aliphatic heterocycles. The highest BCUT2D eigenvalue weighted by Crippen LogP contribution is 2.41. The zero-order chi connectivity index (χ0) is 10.8. The van der Waals surface area contributed by atoms with Crippen LogP contribution in [-0.4, -0.2) is 24.3 Å². The molecule has 1 N–H and O–H groups in total. The number of carboxylic acid groups (broad SMARTS) is 1. The largest absolute Gasteiger partial charge is 0.481 e. The highest BCUT2D eigenvalue weighted by atomic mass is 16.5. The van der Waals surface area contributed by atoms with Crippen molar-refractivity contribution in [1.29, 1.82) is 0 Å². The molecule has 0 aliphatic carbocycles. The summed E-state index contributed by atoms with van der Waals surface area (Å²) in [7, 11) is 0. The quantitative estimate of drug-likeness (QED) is 0.744. The predicted octanol–water partition coefficient (Wildman–Crippen LogP) is 2.30. The normalized spacial score (nSPS) is 21.9. The fourth-order valence-electron chi connectivity index (χ4n) is 2.24. The van der Waals surface area contributed by atoms with Crippen molar-refractivity contribution >= 4 is 5.97 Å². The summed E-state index contributed by atoms with van der Waals surface area (Å²) in [6.07, 6.45) is 2.04. The van der Waals surface area contributed by atoms with Crippen LogP contribution >= 0.6 is 0 Å². The monoisotopic (exact) mass is 200 g/mol. The summed E-state index contributed by atoms with van der Waals surface area (Å²) in [5.74, 6) is -0.657. The molecule has 1 saturated heterocycles. The van der Waals surface area contributed by atoms with Crippen LogP contribution in [0.15, 0.2) is 0 Å². The van der Waals surface area contributed by atoms with Crippen molar-refractivity contribution < 1.29 is 14.6 Å². The van der Waals surface area contributed by atoms with Crippen LogP contribution in [0.2, 0.25) is 0 Å². The maximum atomic E-state index is 11.3. The second-order valence-electron chi connectivity index (χ2n) is 5.44. The lowest BCUT2D eigenvalue weighted by Gasteiger charge is -2.37. The molecule has 3 nitrogen and oxygen atoms in total. The lowest BCUT2D eigenvalue weighted by atomic mass is 9.69. The average Bonchev–Trinajstić information content (AvgIpc) is 2.02. The van der Waals surface area contributed by atoms with E-state index < -0.39 is 11.4 Å². The van der Waals surface area contributed by atoms with Gasteiger partial charge in [0.25, 0.3) is 0 Å². The van der Waals surface area contributed by atoms with Crippen LogP contribution in [0.1, 0.15) is 40.0 Å². The SMILES string of the molecule is CC(C)(C)CC1(C(=O)O)CCOCC1. The van der Waals surface area contributed by atoms with Crippen LogP contribution in [0.4, 0.5) is 0 Å². The van der Waals surface area contributed by atoms with Crippen LogP contribution in [0, 0.1) is 10.8 Å². The third-order valence-corrected chi connectivity index (χ3v) is 2.77. The third kappa shape index (κ3) is 2.71. The Bertz CT molecular complexity index is 209. The van der Waals surface area contributed by atoms with Gasteiger partial charge in [-0.15, -0.1) is 0 Å². The number of rotatable bonds is 2. The van der Waals surface area contributed by atoms with E-state index in [2.05, 4.69) is 20.8 Å². The summed E-state index contributed by atoms with van der Waals surface area (Å²) < 4.78 is 5.23. The number of ether oxygens (including phenoxy) is 1. The molecular weight excluding hydrogens is 180 g/mol. The van der Waals surface area contributed by atoms with E-state index in [9.17, 15) is 9.90 Å². The van der Waals surface area contributed by atoms with Gasteiger partial charge in [0.15, 0.2) is 0 Å². The fraction of sp³-hybridized carbons (Fsp3) is 0.909. The zero-order valence-corrected chi connectivity index (χ0v) is 9.30. The fourth-order valence-corrected chi connectivity index (χ4v) is 2.24. The maximum absolute atomic E-state index is 11.3. The Kier molecular flexibility index (Phi) is 3.20. The van der Waals surface area contributed by atoms with Crippen molar-refractivity contribution in [2.75, 3.05) is 13.2 Å². The Balaban J connectivity index is 2.76. The molecule has 0 aromatic rings. The van der Waals surface area contributed by atoms with Crippen molar-refractivity contribution in [1.82, 2.24) is 0 Å². The van der Waals surface area contributed by atoms with Gasteiger partial charge in [0.05, 0.1) is 5.41 Å². The number of hydrogen-bond acceptors (Lipinski definition) is 2. The van der Waals surface area contributed by atoms with Crippen molar-refractivity contribution in [2.24, 2.45) is 10.8 Å². The third-order valence-electron chi connectivity index (χ3n) is 2.77. The van der Waals surface area contributed by atoms with E-state index in [-0.39, 0.29) is 5.41 Å². The maximum Gasteiger partial charge on any atom is 0.309 e. The molecule has 0 unspecified atom stereocenters. The molecule has 14 heavy (non-hydrogen) atoms. The summed E-state index contributed by atoms with van der Waals surface area (Å²) in [6, 6.07) is 0. The highest BCUT2D eigenvalue weighted by Gasteiger charge is 2.42. The molecular formula is C11H20O3. The predicted molar refractivity (Wildman–Crippen MR) is 54.2 cm³/mol. The van der Waals surface area contributed by atoms with Crippen LogP contribution in [-0.2, 0) is 9.53 Å². The Morgan fingerprint density at radius 3 is 2.21 bits per heavy atom. The molecule has 0 atom stereocenters. The van der Waals surface area contributed by atoms with Gasteiger partial charge in [0, 0.05) is 13.2 Å². The summed E-state index contributed by atoms with van der Waals surface area (Å²) in [5.41, 5.74) is -0.480. The van der Waals surface area contributed by atoms with Gasteiger partial charge in [-0.3, -0.25) is 4.79 Å². The molecule has 0 amide bonds. The van der Waals surface area contributed by atoms with E-state index in [1.807, 2.05) is 0 Å². The van der Waals surface area contributed by atoms with Crippen molar-refractivity contribution in [3.63, 3.8) is 0 Å². The molecule has 0 spiro atoms. The summed E-state index contributed by atoms with van der Waals surface area (Å²) >= 11 is 0. The van der Waals surface area contributed by atoms with Crippen LogP contribution in [0.5, 0.6) is 0 Å². The van der Waals surface area contributed by atoms with E-state index in [0.717, 1.165) is 6.42 Å². The molecule has 0 aromatic heterocycles. The first kappa shape index (κ1) is 11.5. The second kappa shape index (κ2) is 3.89. The Morgan fingerprint density at radius 2 is 1.86 bits per heavy atom. The van der Waals surface area contributed by atoms with Crippen LogP contribution in [0.25, 0.3) is 0 Å². The van der Waals surface area contributed by atoms with Gasteiger partial charge in [0.2, 0.25) is 0 Å². The summed E-state index contributed by atoms with van der Waals surface area (Å²) in [4.78, 5) is 11.3. The number of aliphatic carboxylic acids is 1. The molecule has 1 fully saturated rings. The lowest BCUT2D eigenvalue weighted by Crippen LogP contribution is -2.40. The van der Waals surface area contributed by atoms with Gasteiger partial charge in [0.1, 0.15) is 0 Å². The van der Waals surface area contributed by atoms with Crippen LogP contribution < -0.4 is 0 Å². The number of carbonyl (C=O) groups is 1. The van der Waals surface area contributed by atoms with E-state index in [0.29, 0.717) is 26.1 Å². The molecule has 0 radical (unpaired) electrons. The smallest absolute Gasteiger partial charge is 0.309 e. The molecule has 1 heterocycles. The lowest BCUT2D eigenvalue weighted by molar-refractivity contribution is -0.157. The second-order valence-corrected chi connectivity index (χ2v) is 5.44. The average molecular weight is 200 g/mol. The van der Waals surface area contributed by atoms with Gasteiger partial charge in [-0.1, -0.05) is 20.8 Å². The number of carboxylic acids is 1. The molecule has 1 aliphatic rings. The Morgan fingerprint density at radius 1 is 1.36 bits per heavy atom. The minimum absolute atomic E-state index is 0.0652. The van der Waals surface area contributed by atoms with Gasteiger partial charge in [-0.05, 0) is 24.7 Å². The molecule has 0 saturated carbocycles. The van der Waals surface area contributed by atoms with E-state index >= 15 is 0 Å². The van der Waals surface area contributed by atoms with E-state index in [1.165, 1.54) is 0 Å².